The van der Waals surface area contributed by atoms with Crippen LogP contribution in [0.3, 0.4) is 0 Å². The lowest BCUT2D eigenvalue weighted by Gasteiger charge is -2.19. The largest absolute Gasteiger partial charge is 0.508 e. The molecular formula is C16H16FNO3. The van der Waals surface area contributed by atoms with Gasteiger partial charge in [0.1, 0.15) is 11.6 Å². The lowest BCUT2D eigenvalue weighted by molar-refractivity contribution is -0.144. The topological polar surface area (TPSA) is 58.6 Å². The van der Waals surface area contributed by atoms with E-state index in [4.69, 9.17) is 4.74 Å². The fourth-order valence-electron chi connectivity index (χ4n) is 1.88. The summed E-state index contributed by atoms with van der Waals surface area (Å²) in [4.78, 5) is 12.1. The van der Waals surface area contributed by atoms with E-state index in [1.165, 1.54) is 36.4 Å². The van der Waals surface area contributed by atoms with Crippen molar-refractivity contribution in [3.63, 3.8) is 0 Å². The van der Waals surface area contributed by atoms with Crippen LogP contribution in [0, 0.1) is 5.82 Å². The molecule has 0 aliphatic carbocycles. The molecule has 21 heavy (non-hydrogen) atoms. The number of carbonyl (C=O) groups excluding carboxylic acids is 1. The van der Waals surface area contributed by atoms with Crippen LogP contribution < -0.4 is 5.32 Å². The van der Waals surface area contributed by atoms with Gasteiger partial charge in [0.05, 0.1) is 6.61 Å². The van der Waals surface area contributed by atoms with E-state index in [0.717, 1.165) is 0 Å². The SMILES string of the molecule is CCOC(=O)C(Nc1ccc(O)cc1)c1ccc(F)cc1. The number of phenolic OH excluding ortho intramolecular Hbond substituents is 1. The highest BCUT2D eigenvalue weighted by molar-refractivity contribution is 5.81. The molecule has 0 saturated heterocycles. The number of halogens is 1. The van der Waals surface area contributed by atoms with E-state index >= 15 is 0 Å². The van der Waals surface area contributed by atoms with Crippen molar-refractivity contribution in [2.75, 3.05) is 11.9 Å². The van der Waals surface area contributed by atoms with E-state index in [1.54, 1.807) is 19.1 Å². The highest BCUT2D eigenvalue weighted by Crippen LogP contribution is 2.23. The van der Waals surface area contributed by atoms with Crippen LogP contribution in [0.1, 0.15) is 18.5 Å². The number of aromatic hydroxyl groups is 1. The van der Waals surface area contributed by atoms with Gasteiger partial charge in [-0.15, -0.1) is 0 Å². The molecule has 0 fully saturated rings. The zero-order chi connectivity index (χ0) is 15.2. The lowest BCUT2D eigenvalue weighted by Crippen LogP contribution is -2.23. The summed E-state index contributed by atoms with van der Waals surface area (Å²) in [5, 5.41) is 12.3. The Hall–Kier alpha value is -2.56. The molecule has 4 nitrogen and oxygen atoms in total. The minimum absolute atomic E-state index is 0.134. The Labute approximate surface area is 122 Å². The number of hydrogen-bond donors (Lipinski definition) is 2. The molecule has 5 heteroatoms. The summed E-state index contributed by atoms with van der Waals surface area (Å²) in [6, 6.07) is 11.2. The quantitative estimate of drug-likeness (QED) is 0.655. The maximum absolute atomic E-state index is 13.0. The van der Waals surface area contributed by atoms with E-state index in [2.05, 4.69) is 5.32 Å². The number of phenols is 1. The molecule has 0 bridgehead atoms. The molecule has 0 aliphatic heterocycles. The molecule has 0 amide bonds. The highest BCUT2D eigenvalue weighted by Gasteiger charge is 2.21. The Kier molecular flexibility index (Phi) is 4.77. The first-order chi connectivity index (χ1) is 10.1. The smallest absolute Gasteiger partial charge is 0.333 e. The predicted molar refractivity (Wildman–Crippen MR) is 77.5 cm³/mol. The van der Waals surface area contributed by atoms with Crippen LogP contribution >= 0.6 is 0 Å². The van der Waals surface area contributed by atoms with Gasteiger partial charge in [0.25, 0.3) is 0 Å². The normalized spacial score (nSPS) is 11.7. The molecular weight excluding hydrogens is 273 g/mol. The van der Waals surface area contributed by atoms with Crippen LogP contribution in [0.25, 0.3) is 0 Å². The van der Waals surface area contributed by atoms with E-state index in [-0.39, 0.29) is 18.2 Å². The van der Waals surface area contributed by atoms with E-state index < -0.39 is 12.0 Å². The molecule has 0 aromatic heterocycles. The molecule has 1 unspecified atom stereocenters. The standard InChI is InChI=1S/C16H16FNO3/c1-2-21-16(20)15(11-3-5-12(17)6-4-11)18-13-7-9-14(19)10-8-13/h3-10,15,18-19H,2H2,1H3. The highest BCUT2D eigenvalue weighted by atomic mass is 19.1. The summed E-state index contributed by atoms with van der Waals surface area (Å²) in [5.74, 6) is -0.682. The summed E-state index contributed by atoms with van der Waals surface area (Å²) in [6.07, 6.45) is 0. The van der Waals surface area contributed by atoms with Crippen molar-refractivity contribution in [2.45, 2.75) is 13.0 Å². The summed E-state index contributed by atoms with van der Waals surface area (Å²) < 4.78 is 18.0. The molecule has 2 rings (SSSR count). The maximum Gasteiger partial charge on any atom is 0.333 e. The summed E-state index contributed by atoms with van der Waals surface area (Å²) in [7, 11) is 0. The number of nitrogens with one attached hydrogen (secondary N) is 1. The number of esters is 1. The van der Waals surface area contributed by atoms with E-state index in [1.807, 2.05) is 0 Å². The van der Waals surface area contributed by atoms with Crippen LogP contribution in [0.2, 0.25) is 0 Å². The Morgan fingerprint density at radius 2 is 1.81 bits per heavy atom. The summed E-state index contributed by atoms with van der Waals surface area (Å²) in [5.41, 5.74) is 1.25. The Morgan fingerprint density at radius 1 is 1.19 bits per heavy atom. The van der Waals surface area contributed by atoms with Gasteiger partial charge in [0, 0.05) is 5.69 Å². The molecule has 110 valence electrons. The molecule has 2 N–H and O–H groups in total. The van der Waals surface area contributed by atoms with Gasteiger partial charge < -0.3 is 15.2 Å². The predicted octanol–water partition coefficient (Wildman–Crippen LogP) is 3.25. The summed E-state index contributed by atoms with van der Waals surface area (Å²) >= 11 is 0. The van der Waals surface area contributed by atoms with Crippen molar-refractivity contribution in [3.05, 3.63) is 59.9 Å². The maximum atomic E-state index is 13.0. The van der Waals surface area contributed by atoms with Gasteiger partial charge >= 0.3 is 5.97 Å². The van der Waals surface area contributed by atoms with Gasteiger partial charge in [-0.05, 0) is 48.9 Å². The second kappa shape index (κ2) is 6.74. The minimum atomic E-state index is -0.741. The van der Waals surface area contributed by atoms with Crippen LogP contribution in [0.15, 0.2) is 48.5 Å². The van der Waals surface area contributed by atoms with Crippen molar-refractivity contribution in [3.8, 4) is 5.75 Å². The van der Waals surface area contributed by atoms with Crippen LogP contribution in [-0.4, -0.2) is 17.7 Å². The van der Waals surface area contributed by atoms with Crippen molar-refractivity contribution in [1.29, 1.82) is 0 Å². The molecule has 0 aliphatic rings. The second-order valence-electron chi connectivity index (χ2n) is 4.43. The van der Waals surface area contributed by atoms with Gasteiger partial charge in [-0.2, -0.15) is 0 Å². The molecule has 2 aromatic carbocycles. The van der Waals surface area contributed by atoms with E-state index in [9.17, 15) is 14.3 Å². The third kappa shape index (κ3) is 3.95. The number of rotatable bonds is 5. The van der Waals surface area contributed by atoms with Crippen LogP contribution in [-0.2, 0) is 9.53 Å². The van der Waals surface area contributed by atoms with Gasteiger partial charge in [-0.1, -0.05) is 12.1 Å². The number of hydrogen-bond acceptors (Lipinski definition) is 4. The van der Waals surface area contributed by atoms with Crippen molar-refractivity contribution < 1.29 is 19.0 Å². The first kappa shape index (κ1) is 14.8. The Balaban J connectivity index is 2.25. The molecule has 0 saturated carbocycles. The van der Waals surface area contributed by atoms with E-state index in [0.29, 0.717) is 11.3 Å². The molecule has 2 aromatic rings. The Morgan fingerprint density at radius 3 is 2.38 bits per heavy atom. The molecule has 0 spiro atoms. The second-order valence-corrected chi connectivity index (χ2v) is 4.43. The summed E-state index contributed by atoms with van der Waals surface area (Å²) in [6.45, 7) is 1.98. The van der Waals surface area contributed by atoms with Gasteiger partial charge in [0.2, 0.25) is 0 Å². The minimum Gasteiger partial charge on any atom is -0.508 e. The van der Waals surface area contributed by atoms with Crippen molar-refractivity contribution >= 4 is 11.7 Å². The fraction of sp³-hybridized carbons (Fsp3) is 0.188. The fourth-order valence-corrected chi connectivity index (χ4v) is 1.88. The number of carbonyl (C=O) groups is 1. The van der Waals surface area contributed by atoms with Gasteiger partial charge in [-0.25, -0.2) is 9.18 Å². The zero-order valence-electron chi connectivity index (χ0n) is 11.5. The third-order valence-corrected chi connectivity index (χ3v) is 2.90. The molecule has 1 atom stereocenters. The number of ether oxygens (including phenoxy) is 1. The third-order valence-electron chi connectivity index (χ3n) is 2.90. The average Bonchev–Trinajstić information content (AvgIpc) is 2.48. The zero-order valence-corrected chi connectivity index (χ0v) is 11.5. The number of anilines is 1. The Bertz CT molecular complexity index is 596. The number of benzene rings is 2. The van der Waals surface area contributed by atoms with Gasteiger partial charge in [-0.3, -0.25) is 0 Å². The van der Waals surface area contributed by atoms with Crippen LogP contribution in [0.5, 0.6) is 5.75 Å². The van der Waals surface area contributed by atoms with Crippen molar-refractivity contribution in [1.82, 2.24) is 0 Å². The average molecular weight is 289 g/mol. The van der Waals surface area contributed by atoms with Gasteiger partial charge in [0.15, 0.2) is 6.04 Å². The first-order valence-electron chi connectivity index (χ1n) is 6.58. The lowest BCUT2D eigenvalue weighted by atomic mass is 10.1. The van der Waals surface area contributed by atoms with Crippen molar-refractivity contribution in [2.24, 2.45) is 0 Å². The molecule has 0 radical (unpaired) electrons. The first-order valence-corrected chi connectivity index (χ1v) is 6.58. The monoisotopic (exact) mass is 289 g/mol. The van der Waals surface area contributed by atoms with Crippen LogP contribution in [0.4, 0.5) is 10.1 Å². The molecule has 0 heterocycles.